The van der Waals surface area contributed by atoms with Crippen molar-refractivity contribution in [2.45, 2.75) is 26.2 Å². The van der Waals surface area contributed by atoms with E-state index in [0.717, 1.165) is 23.0 Å². The molecule has 114 valence electrons. The lowest BCUT2D eigenvalue weighted by atomic mass is 9.84. The molecule has 1 amide bonds. The summed E-state index contributed by atoms with van der Waals surface area (Å²) in [6, 6.07) is 7.59. The molecule has 0 aromatic heterocycles. The maximum atomic E-state index is 12.5. The highest BCUT2D eigenvalue weighted by molar-refractivity contribution is 14.1. The van der Waals surface area contributed by atoms with E-state index in [0.29, 0.717) is 12.1 Å². The van der Waals surface area contributed by atoms with Gasteiger partial charge >= 0.3 is 5.97 Å². The first-order valence-electron chi connectivity index (χ1n) is 7.24. The molecule has 0 spiro atoms. The molecule has 1 N–H and O–H groups in total. The van der Waals surface area contributed by atoms with Crippen LogP contribution in [0.3, 0.4) is 0 Å². The molecule has 1 aliphatic heterocycles. The standard InChI is InChI=1S/C16H20INO3/c1-11(8-15(19)20)13-5-3-7-18(10-13)16(21)12-4-2-6-14(17)9-12/h2,4,6,9,11,13H,3,5,7-8,10H2,1H3,(H,19,20). The van der Waals surface area contributed by atoms with Crippen molar-refractivity contribution in [2.75, 3.05) is 13.1 Å². The minimum Gasteiger partial charge on any atom is -0.481 e. The van der Waals surface area contributed by atoms with E-state index in [9.17, 15) is 9.59 Å². The highest BCUT2D eigenvalue weighted by Gasteiger charge is 2.28. The van der Waals surface area contributed by atoms with Crippen molar-refractivity contribution in [3.8, 4) is 0 Å². The van der Waals surface area contributed by atoms with Crippen LogP contribution in [0.4, 0.5) is 0 Å². The van der Waals surface area contributed by atoms with E-state index in [-0.39, 0.29) is 24.2 Å². The van der Waals surface area contributed by atoms with Crippen molar-refractivity contribution in [3.05, 3.63) is 33.4 Å². The summed E-state index contributed by atoms with van der Waals surface area (Å²) in [6.45, 7) is 3.40. The molecule has 1 heterocycles. The van der Waals surface area contributed by atoms with Gasteiger partial charge in [0.25, 0.3) is 5.91 Å². The molecule has 1 aliphatic rings. The van der Waals surface area contributed by atoms with Crippen molar-refractivity contribution in [2.24, 2.45) is 11.8 Å². The summed E-state index contributed by atoms with van der Waals surface area (Å²) >= 11 is 2.20. The Morgan fingerprint density at radius 1 is 1.48 bits per heavy atom. The summed E-state index contributed by atoms with van der Waals surface area (Å²) in [6.07, 6.45) is 2.13. The topological polar surface area (TPSA) is 57.6 Å². The van der Waals surface area contributed by atoms with Crippen LogP contribution in [0.2, 0.25) is 0 Å². The molecule has 1 saturated heterocycles. The first-order chi connectivity index (χ1) is 9.97. The fourth-order valence-electron chi connectivity index (χ4n) is 2.91. The Labute approximate surface area is 138 Å². The van der Waals surface area contributed by atoms with Gasteiger partial charge in [-0.25, -0.2) is 0 Å². The lowest BCUT2D eigenvalue weighted by molar-refractivity contribution is -0.138. The second-order valence-electron chi connectivity index (χ2n) is 5.74. The summed E-state index contributed by atoms with van der Waals surface area (Å²) in [5, 5.41) is 8.92. The van der Waals surface area contributed by atoms with E-state index >= 15 is 0 Å². The summed E-state index contributed by atoms with van der Waals surface area (Å²) in [5.41, 5.74) is 0.716. The maximum Gasteiger partial charge on any atom is 0.303 e. The normalized spacial score (nSPS) is 20.1. The lowest BCUT2D eigenvalue weighted by Gasteiger charge is -2.35. The number of carbonyl (C=O) groups excluding carboxylic acids is 1. The summed E-state index contributed by atoms with van der Waals surface area (Å²) in [7, 11) is 0. The molecule has 0 saturated carbocycles. The Morgan fingerprint density at radius 3 is 2.90 bits per heavy atom. The number of likely N-dealkylation sites (tertiary alicyclic amines) is 1. The molecule has 2 rings (SSSR count). The zero-order valence-electron chi connectivity index (χ0n) is 12.1. The Balaban J connectivity index is 2.03. The summed E-state index contributed by atoms with van der Waals surface area (Å²) in [4.78, 5) is 25.3. The number of aliphatic carboxylic acids is 1. The zero-order valence-corrected chi connectivity index (χ0v) is 14.2. The first kappa shape index (κ1) is 16.3. The van der Waals surface area contributed by atoms with Gasteiger partial charge in [0.15, 0.2) is 0 Å². The maximum absolute atomic E-state index is 12.5. The van der Waals surface area contributed by atoms with Crippen molar-refractivity contribution < 1.29 is 14.7 Å². The number of rotatable bonds is 4. The fourth-order valence-corrected chi connectivity index (χ4v) is 3.45. The number of carboxylic acid groups (broad SMARTS) is 1. The largest absolute Gasteiger partial charge is 0.481 e. The van der Waals surface area contributed by atoms with Crippen molar-refractivity contribution in [3.63, 3.8) is 0 Å². The third-order valence-electron chi connectivity index (χ3n) is 4.12. The third-order valence-corrected chi connectivity index (χ3v) is 4.79. The minimum absolute atomic E-state index is 0.0562. The number of carboxylic acids is 1. The van der Waals surface area contributed by atoms with Crippen LogP contribution in [0.5, 0.6) is 0 Å². The number of benzene rings is 1. The van der Waals surface area contributed by atoms with E-state index in [4.69, 9.17) is 5.11 Å². The molecule has 1 aromatic carbocycles. The molecule has 0 aliphatic carbocycles. The Bertz CT molecular complexity index is 532. The molecule has 0 radical (unpaired) electrons. The molecule has 2 unspecified atom stereocenters. The number of hydrogen-bond donors (Lipinski definition) is 1. The van der Waals surface area contributed by atoms with Gasteiger partial charge in [-0.2, -0.15) is 0 Å². The van der Waals surface area contributed by atoms with Gasteiger partial charge in [-0.3, -0.25) is 9.59 Å². The highest BCUT2D eigenvalue weighted by atomic mass is 127. The van der Waals surface area contributed by atoms with E-state index in [1.807, 2.05) is 36.1 Å². The summed E-state index contributed by atoms with van der Waals surface area (Å²) < 4.78 is 1.05. The van der Waals surface area contributed by atoms with Gasteiger partial charge in [0.2, 0.25) is 0 Å². The number of amides is 1. The quantitative estimate of drug-likeness (QED) is 0.789. The van der Waals surface area contributed by atoms with Crippen LogP contribution in [-0.4, -0.2) is 35.0 Å². The molecular weight excluding hydrogens is 381 g/mol. The molecule has 4 nitrogen and oxygen atoms in total. The third kappa shape index (κ3) is 4.43. The van der Waals surface area contributed by atoms with Crippen LogP contribution in [0.15, 0.2) is 24.3 Å². The summed E-state index contributed by atoms with van der Waals surface area (Å²) in [5.74, 6) is -0.320. The molecule has 1 aromatic rings. The van der Waals surface area contributed by atoms with Crippen molar-refractivity contribution >= 4 is 34.5 Å². The number of hydrogen-bond acceptors (Lipinski definition) is 2. The van der Waals surface area contributed by atoms with Gasteiger partial charge in [0, 0.05) is 28.6 Å². The second-order valence-corrected chi connectivity index (χ2v) is 6.98. The van der Waals surface area contributed by atoms with Crippen LogP contribution in [0, 0.1) is 15.4 Å². The number of nitrogens with zero attached hydrogens (tertiary/aromatic N) is 1. The molecule has 5 heteroatoms. The van der Waals surface area contributed by atoms with Crippen molar-refractivity contribution in [1.82, 2.24) is 4.90 Å². The predicted octanol–water partition coefficient (Wildman–Crippen LogP) is 3.25. The van der Waals surface area contributed by atoms with E-state index in [2.05, 4.69) is 22.6 Å². The van der Waals surface area contributed by atoms with E-state index < -0.39 is 5.97 Å². The van der Waals surface area contributed by atoms with Crippen LogP contribution in [0.1, 0.15) is 36.5 Å². The van der Waals surface area contributed by atoms with Gasteiger partial charge in [0.05, 0.1) is 0 Å². The van der Waals surface area contributed by atoms with Gasteiger partial charge in [-0.1, -0.05) is 13.0 Å². The molecular formula is C16H20INO3. The van der Waals surface area contributed by atoms with E-state index in [1.165, 1.54) is 0 Å². The minimum atomic E-state index is -0.761. The lowest BCUT2D eigenvalue weighted by Crippen LogP contribution is -2.42. The van der Waals surface area contributed by atoms with Crippen LogP contribution >= 0.6 is 22.6 Å². The van der Waals surface area contributed by atoms with Crippen molar-refractivity contribution in [1.29, 1.82) is 0 Å². The fraction of sp³-hybridized carbons (Fsp3) is 0.500. The number of carbonyl (C=O) groups is 2. The van der Waals surface area contributed by atoms with Crippen LogP contribution in [0.25, 0.3) is 0 Å². The van der Waals surface area contributed by atoms with Gasteiger partial charge in [0.1, 0.15) is 0 Å². The average Bonchev–Trinajstić information content (AvgIpc) is 2.46. The zero-order chi connectivity index (χ0) is 15.4. The second kappa shape index (κ2) is 7.24. The number of halogens is 1. The smallest absolute Gasteiger partial charge is 0.303 e. The van der Waals surface area contributed by atoms with Gasteiger partial charge in [-0.05, 0) is 65.5 Å². The SMILES string of the molecule is CC(CC(=O)O)C1CCCN(C(=O)c2cccc(I)c2)C1. The Morgan fingerprint density at radius 2 is 2.24 bits per heavy atom. The Kier molecular flexibility index (Phi) is 5.61. The first-order valence-corrected chi connectivity index (χ1v) is 8.32. The number of piperidine rings is 1. The monoisotopic (exact) mass is 401 g/mol. The average molecular weight is 401 g/mol. The van der Waals surface area contributed by atoms with Crippen LogP contribution < -0.4 is 0 Å². The molecule has 2 atom stereocenters. The Hall–Kier alpha value is -1.11. The van der Waals surface area contributed by atoms with Gasteiger partial charge < -0.3 is 10.0 Å². The predicted molar refractivity (Wildman–Crippen MR) is 89.2 cm³/mol. The molecule has 1 fully saturated rings. The van der Waals surface area contributed by atoms with Gasteiger partial charge in [-0.15, -0.1) is 0 Å². The molecule has 21 heavy (non-hydrogen) atoms. The van der Waals surface area contributed by atoms with E-state index in [1.54, 1.807) is 0 Å². The van der Waals surface area contributed by atoms with Crippen LogP contribution in [-0.2, 0) is 4.79 Å². The highest BCUT2D eigenvalue weighted by Crippen LogP contribution is 2.27. The molecule has 0 bridgehead atoms.